The zero-order valence-electron chi connectivity index (χ0n) is 63.3. The standard InChI is InChI=1S/C106H60N10O3/c107-61-65-37-47-89(69(55-65)63-109)114-90-49-40-76(111(70-22-6-1-7-23-70)71-24-8-2-9-25-71)58-85(90)100-93(114)52-45-84-81-43-38-67(57-99(81)119-106(84)100)66-21-20-32-75(56-66)113(74-30-14-5-15-31-74)78-42-51-92-87(60-78)102-95(54-46-83-80-34-17-19-36-98(80)118-105(83)102)116(92)103-88(64-110)68(62-108)39-48-96(103)115-91-50-41-77(112(72-26-10-3-11-27-72)73-28-12-4-13-29-73)59-86(91)101-94(115)53-44-82-79-33-16-18-35-97(79)117-104(82)101/h1-60H. The van der Waals surface area contributed by atoms with Crippen molar-refractivity contribution in [3.8, 4) is 52.5 Å². The number of hydrogen-bond acceptors (Lipinski definition) is 10. The van der Waals surface area contributed by atoms with Crippen LogP contribution in [0.1, 0.15) is 22.3 Å². The number of furan rings is 3. The SMILES string of the molecule is N#Cc1ccc(-n2c3ccc(N(c4ccccc4)c4ccccc4)cc3c3c4oc5cc(-c6cccc(N(c7ccccc7)c7ccc8c(c7)c7c9oc%10ccccc%10c9ccc7n8-c7c(-n8c9ccc(N(c%10ccccc%10)c%10ccccc%10)cc9c9c%10oc%11ccccc%11c%10ccc98)ccc(C#N)c7C#N)c6)ccc5c4ccc32)c(C#N)c1. The van der Waals surface area contributed by atoms with Crippen LogP contribution < -0.4 is 14.7 Å². The van der Waals surface area contributed by atoms with Crippen LogP contribution in [0.2, 0.25) is 0 Å². The summed E-state index contributed by atoms with van der Waals surface area (Å²) >= 11 is 0. The number of aromatic nitrogens is 3. The first-order valence-electron chi connectivity index (χ1n) is 39.3. The van der Waals surface area contributed by atoms with Gasteiger partial charge >= 0.3 is 0 Å². The summed E-state index contributed by atoms with van der Waals surface area (Å²) in [6.07, 6.45) is 0. The van der Waals surface area contributed by atoms with Crippen molar-refractivity contribution in [2.24, 2.45) is 0 Å². The lowest BCUT2D eigenvalue weighted by molar-refractivity contribution is 0.672. The summed E-state index contributed by atoms with van der Waals surface area (Å²) in [6, 6.07) is 134. The zero-order valence-corrected chi connectivity index (χ0v) is 63.3. The average Bonchev–Trinajstić information content (AvgIpc) is 1.54. The topological polar surface area (TPSA) is 159 Å². The molecular weight excluding hydrogens is 1460 g/mol. The van der Waals surface area contributed by atoms with E-state index in [4.69, 9.17) is 13.3 Å². The predicted octanol–water partition coefficient (Wildman–Crippen LogP) is 28.2. The van der Waals surface area contributed by atoms with Gasteiger partial charge in [0.25, 0.3) is 0 Å². The van der Waals surface area contributed by atoms with E-state index in [1.165, 1.54) is 0 Å². The van der Waals surface area contributed by atoms with Gasteiger partial charge in [-0.05, 0) is 230 Å². The van der Waals surface area contributed by atoms with E-state index in [0.717, 1.165) is 177 Å². The van der Waals surface area contributed by atoms with Crippen molar-refractivity contribution in [3.63, 3.8) is 0 Å². The Labute approximate surface area is 679 Å². The molecule has 0 radical (unpaired) electrons. The van der Waals surface area contributed by atoms with Crippen LogP contribution in [0.4, 0.5) is 51.2 Å². The fraction of sp³-hybridized carbons (Fsp3) is 0. The molecule has 6 heterocycles. The molecular formula is C106H60N10O3. The minimum atomic E-state index is 0.205. The number of anilines is 9. The summed E-state index contributed by atoms with van der Waals surface area (Å²) in [5.74, 6) is 0. The van der Waals surface area contributed by atoms with Crippen LogP contribution in [0.15, 0.2) is 377 Å². The lowest BCUT2D eigenvalue weighted by Crippen LogP contribution is -2.10. The van der Waals surface area contributed by atoms with Gasteiger partial charge < -0.3 is 41.7 Å². The highest BCUT2D eigenvalue weighted by molar-refractivity contribution is 6.28. The number of nitriles is 4. The second-order valence-corrected chi connectivity index (χ2v) is 29.9. The second kappa shape index (κ2) is 26.8. The maximum Gasteiger partial charge on any atom is 0.145 e. The smallest absolute Gasteiger partial charge is 0.145 e. The third kappa shape index (κ3) is 10.4. The third-order valence-corrected chi connectivity index (χ3v) is 23.5. The number of rotatable bonds is 13. The molecule has 0 fully saturated rings. The first-order valence-corrected chi connectivity index (χ1v) is 39.3. The van der Waals surface area contributed by atoms with Gasteiger partial charge in [-0.15, -0.1) is 0 Å². The molecule has 0 unspecified atom stereocenters. The van der Waals surface area contributed by atoms with E-state index in [1.54, 1.807) is 18.2 Å². The van der Waals surface area contributed by atoms with Crippen molar-refractivity contribution < 1.29 is 13.3 Å². The Bertz CT molecular complexity index is 8300. The van der Waals surface area contributed by atoms with Crippen LogP contribution in [0, 0.1) is 45.3 Å². The maximum atomic E-state index is 11.9. The Morgan fingerprint density at radius 1 is 0.227 bits per heavy atom. The Hall–Kier alpha value is -17.1. The summed E-state index contributed by atoms with van der Waals surface area (Å²) in [5.41, 5.74) is 22.7. The van der Waals surface area contributed by atoms with Crippen LogP contribution in [0.5, 0.6) is 0 Å². The molecule has 0 bridgehead atoms. The average molecular weight is 1520 g/mol. The van der Waals surface area contributed by atoms with E-state index < -0.39 is 0 Å². The molecule has 23 rings (SSSR count). The molecule has 0 N–H and O–H groups in total. The molecule has 13 nitrogen and oxygen atoms in total. The monoisotopic (exact) mass is 1520 g/mol. The summed E-state index contributed by atoms with van der Waals surface area (Å²) in [6.45, 7) is 0. The number of hydrogen-bond donors (Lipinski definition) is 0. The molecule has 17 aromatic carbocycles. The van der Waals surface area contributed by atoms with E-state index in [1.807, 2.05) is 103 Å². The lowest BCUT2D eigenvalue weighted by atomic mass is 10.0. The van der Waals surface area contributed by atoms with Gasteiger partial charge in [0, 0.05) is 99.7 Å². The number of para-hydroxylation sites is 7. The normalized spacial score (nSPS) is 11.7. The molecule has 119 heavy (non-hydrogen) atoms. The molecule has 0 saturated heterocycles. The molecule has 0 amide bonds. The van der Waals surface area contributed by atoms with Crippen molar-refractivity contribution in [3.05, 3.63) is 386 Å². The molecule has 0 aliphatic rings. The largest absolute Gasteiger partial charge is 0.455 e. The Kier molecular flexibility index (Phi) is 15.2. The van der Waals surface area contributed by atoms with Crippen LogP contribution in [0.25, 0.3) is 159 Å². The lowest BCUT2D eigenvalue weighted by Gasteiger charge is -2.26. The number of fused-ring (bicyclic) bond motifs is 21. The van der Waals surface area contributed by atoms with Gasteiger partial charge in [-0.2, -0.15) is 21.0 Å². The summed E-state index contributed by atoms with van der Waals surface area (Å²) in [5, 5.41) is 55.0. The van der Waals surface area contributed by atoms with Crippen molar-refractivity contribution in [2.75, 3.05) is 14.7 Å². The number of nitrogens with zero attached hydrogens (tertiary/aromatic N) is 10. The van der Waals surface area contributed by atoms with Gasteiger partial charge in [0.2, 0.25) is 0 Å². The van der Waals surface area contributed by atoms with Crippen molar-refractivity contribution in [2.45, 2.75) is 0 Å². The molecule has 23 aromatic rings. The molecule has 0 aliphatic carbocycles. The summed E-state index contributed by atoms with van der Waals surface area (Å²) in [4.78, 5) is 6.79. The van der Waals surface area contributed by atoms with E-state index in [0.29, 0.717) is 44.9 Å². The van der Waals surface area contributed by atoms with Crippen molar-refractivity contribution >= 4 is 182 Å². The third-order valence-electron chi connectivity index (χ3n) is 23.5. The minimum Gasteiger partial charge on any atom is -0.455 e. The quantitative estimate of drug-likeness (QED) is 0.109. The van der Waals surface area contributed by atoms with Crippen LogP contribution in [-0.4, -0.2) is 13.7 Å². The Balaban J connectivity index is 0.711. The highest BCUT2D eigenvalue weighted by Crippen LogP contribution is 2.51. The van der Waals surface area contributed by atoms with E-state index in [9.17, 15) is 21.0 Å². The second-order valence-electron chi connectivity index (χ2n) is 29.9. The molecule has 6 aromatic heterocycles. The van der Waals surface area contributed by atoms with E-state index >= 15 is 0 Å². The first-order chi connectivity index (χ1) is 58.9. The highest BCUT2D eigenvalue weighted by atomic mass is 16.3. The highest BCUT2D eigenvalue weighted by Gasteiger charge is 2.31. The molecule has 13 heteroatoms. The Morgan fingerprint density at radius 3 is 1.06 bits per heavy atom. The first kappa shape index (κ1) is 67.6. The van der Waals surface area contributed by atoms with Crippen LogP contribution >= 0.6 is 0 Å². The van der Waals surface area contributed by atoms with Crippen LogP contribution in [0.3, 0.4) is 0 Å². The molecule has 0 aliphatic heterocycles. The maximum absolute atomic E-state index is 11.9. The van der Waals surface area contributed by atoms with Crippen molar-refractivity contribution in [1.29, 1.82) is 21.0 Å². The molecule has 0 saturated carbocycles. The fourth-order valence-electron chi connectivity index (χ4n) is 18.4. The van der Waals surface area contributed by atoms with Crippen molar-refractivity contribution in [1.82, 2.24) is 13.7 Å². The van der Waals surface area contributed by atoms with Gasteiger partial charge in [0.1, 0.15) is 51.7 Å². The molecule has 0 atom stereocenters. The number of benzene rings is 17. The molecule has 0 spiro atoms. The van der Waals surface area contributed by atoms with Gasteiger partial charge in [0.05, 0.1) is 94.6 Å². The van der Waals surface area contributed by atoms with Gasteiger partial charge in [-0.1, -0.05) is 146 Å². The fourth-order valence-corrected chi connectivity index (χ4v) is 18.4. The molecule has 552 valence electrons. The van der Waals surface area contributed by atoms with Crippen LogP contribution in [-0.2, 0) is 0 Å². The zero-order chi connectivity index (χ0) is 79.1. The Morgan fingerprint density at radius 2 is 0.597 bits per heavy atom. The van der Waals surface area contributed by atoms with E-state index in [-0.39, 0.29) is 11.1 Å². The van der Waals surface area contributed by atoms with Gasteiger partial charge in [-0.25, -0.2) is 0 Å². The van der Waals surface area contributed by atoms with E-state index in [2.05, 4.69) is 295 Å². The minimum absolute atomic E-state index is 0.205. The summed E-state index contributed by atoms with van der Waals surface area (Å²) < 4.78 is 27.9. The summed E-state index contributed by atoms with van der Waals surface area (Å²) in [7, 11) is 0. The predicted molar refractivity (Wildman–Crippen MR) is 480 cm³/mol. The van der Waals surface area contributed by atoms with Gasteiger partial charge in [0.15, 0.2) is 0 Å². The van der Waals surface area contributed by atoms with Gasteiger partial charge in [-0.3, -0.25) is 0 Å².